The number of aromatic nitrogens is 3. The van der Waals surface area contributed by atoms with E-state index in [1.54, 1.807) is 18.3 Å². The van der Waals surface area contributed by atoms with Crippen molar-refractivity contribution in [2.75, 3.05) is 18.5 Å². The number of anilines is 2. The second-order valence-electron chi connectivity index (χ2n) is 6.45. The lowest BCUT2D eigenvalue weighted by Crippen LogP contribution is -2.26. The summed E-state index contributed by atoms with van der Waals surface area (Å²) in [4.78, 5) is 22.2. The number of hydrogen-bond donors (Lipinski definition) is 3. The number of hydroxylamine groups is 1. The third kappa shape index (κ3) is 4.65. The quantitative estimate of drug-likeness (QED) is 0.191. The van der Waals surface area contributed by atoms with Crippen molar-refractivity contribution < 1.29 is 19.1 Å². The number of nitrogens with one attached hydrogen (secondary N) is 2. The Morgan fingerprint density at radius 2 is 2.03 bits per heavy atom. The van der Waals surface area contributed by atoms with Gasteiger partial charge in [0.1, 0.15) is 17.2 Å². The van der Waals surface area contributed by atoms with E-state index in [-0.39, 0.29) is 30.3 Å². The molecule has 1 amide bonds. The maximum absolute atomic E-state index is 14.4. The molecule has 158 valence electrons. The molecule has 0 fully saturated rings. The maximum atomic E-state index is 14.4. The number of aliphatic hydroxyl groups excluding tert-OH is 1. The predicted octanol–water partition coefficient (Wildman–Crippen LogP) is 3.54. The minimum absolute atomic E-state index is 0.0736. The minimum atomic E-state index is -0.618. The Morgan fingerprint density at radius 3 is 2.77 bits per heavy atom. The molecule has 0 spiro atoms. The summed E-state index contributed by atoms with van der Waals surface area (Å²) >= 11 is 2.01. The van der Waals surface area contributed by atoms with E-state index in [2.05, 4.69) is 20.9 Å². The summed E-state index contributed by atoms with van der Waals surface area (Å²) in [7, 11) is 0. The lowest BCUT2D eigenvalue weighted by Gasteiger charge is -2.13. The van der Waals surface area contributed by atoms with Gasteiger partial charge in [0, 0.05) is 15.3 Å². The average Bonchev–Trinajstić information content (AvgIpc) is 3.18. The van der Waals surface area contributed by atoms with Crippen molar-refractivity contribution in [1.29, 1.82) is 0 Å². The standard InChI is InChI=1S/C21H17FIN5O3/c22-17-10-14(23)6-7-18(17)25-19-16(21(30)27-31-9-8-29)12-28-20(26-19)15(11-24-28)13-4-2-1-3-5-13/h1-7,10-12,29H,8-9H2,(H,25,26)(H,27,30). The zero-order valence-electron chi connectivity index (χ0n) is 16.0. The molecule has 0 saturated heterocycles. The van der Waals surface area contributed by atoms with Gasteiger partial charge >= 0.3 is 0 Å². The molecule has 4 rings (SSSR count). The van der Waals surface area contributed by atoms with E-state index in [9.17, 15) is 9.18 Å². The van der Waals surface area contributed by atoms with E-state index in [0.29, 0.717) is 5.65 Å². The molecule has 0 aliphatic heterocycles. The highest BCUT2D eigenvalue weighted by atomic mass is 127. The van der Waals surface area contributed by atoms with Crippen LogP contribution in [0.25, 0.3) is 16.8 Å². The van der Waals surface area contributed by atoms with Crippen LogP contribution in [0, 0.1) is 9.39 Å². The number of nitrogens with zero attached hydrogens (tertiary/aromatic N) is 3. The lowest BCUT2D eigenvalue weighted by atomic mass is 10.1. The maximum Gasteiger partial charge on any atom is 0.280 e. The van der Waals surface area contributed by atoms with Gasteiger partial charge in [-0.1, -0.05) is 30.3 Å². The average molecular weight is 533 g/mol. The number of fused-ring (bicyclic) bond motifs is 1. The van der Waals surface area contributed by atoms with Gasteiger partial charge in [-0.3, -0.25) is 9.63 Å². The van der Waals surface area contributed by atoms with Crippen LogP contribution in [0.5, 0.6) is 0 Å². The Hall–Kier alpha value is -3.09. The highest BCUT2D eigenvalue weighted by Crippen LogP contribution is 2.28. The number of amides is 1. The summed E-state index contributed by atoms with van der Waals surface area (Å²) < 4.78 is 16.7. The first kappa shape index (κ1) is 21.2. The van der Waals surface area contributed by atoms with E-state index in [4.69, 9.17) is 9.94 Å². The van der Waals surface area contributed by atoms with E-state index in [0.717, 1.165) is 14.7 Å². The fraction of sp³-hybridized carbons (Fsp3) is 0.0952. The SMILES string of the molecule is O=C(NOCCO)c1cn2ncc(-c3ccccc3)c2nc1Nc1ccc(I)cc1F. The summed E-state index contributed by atoms with van der Waals surface area (Å²) in [5.41, 5.74) is 4.65. The van der Waals surface area contributed by atoms with E-state index >= 15 is 0 Å². The summed E-state index contributed by atoms with van der Waals surface area (Å²) in [5, 5.41) is 16.1. The number of carbonyl (C=O) groups excluding carboxylic acids is 1. The molecule has 2 heterocycles. The molecule has 2 aromatic heterocycles. The Kier molecular flexibility index (Phi) is 6.39. The van der Waals surface area contributed by atoms with E-state index < -0.39 is 11.7 Å². The summed E-state index contributed by atoms with van der Waals surface area (Å²) in [6.07, 6.45) is 3.14. The molecule has 10 heteroatoms. The van der Waals surface area contributed by atoms with Crippen LogP contribution in [0.4, 0.5) is 15.9 Å². The summed E-state index contributed by atoms with van der Waals surface area (Å²) in [6.45, 7) is -0.327. The Labute approximate surface area is 190 Å². The van der Waals surface area contributed by atoms with Crippen LogP contribution in [0.1, 0.15) is 10.4 Å². The highest BCUT2D eigenvalue weighted by Gasteiger charge is 2.19. The van der Waals surface area contributed by atoms with Gasteiger partial charge in [0.25, 0.3) is 5.91 Å². The minimum Gasteiger partial charge on any atom is -0.394 e. The molecular weight excluding hydrogens is 516 g/mol. The molecule has 0 atom stereocenters. The van der Waals surface area contributed by atoms with Crippen LogP contribution in [-0.2, 0) is 4.84 Å². The zero-order valence-corrected chi connectivity index (χ0v) is 18.2. The second-order valence-corrected chi connectivity index (χ2v) is 7.69. The van der Waals surface area contributed by atoms with Gasteiger partial charge in [0.05, 0.1) is 25.1 Å². The third-order valence-electron chi connectivity index (χ3n) is 4.37. The predicted molar refractivity (Wildman–Crippen MR) is 121 cm³/mol. The molecule has 0 aliphatic carbocycles. The molecule has 0 bridgehead atoms. The van der Waals surface area contributed by atoms with Crippen molar-refractivity contribution in [1.82, 2.24) is 20.1 Å². The molecule has 3 N–H and O–H groups in total. The number of aliphatic hydroxyl groups is 1. The van der Waals surface area contributed by atoms with Crippen LogP contribution in [0.3, 0.4) is 0 Å². The molecule has 0 radical (unpaired) electrons. The van der Waals surface area contributed by atoms with E-state index in [1.165, 1.54) is 16.8 Å². The van der Waals surface area contributed by atoms with Gasteiger partial charge in [0.2, 0.25) is 0 Å². The molecule has 0 saturated carbocycles. The summed E-state index contributed by atoms with van der Waals surface area (Å²) in [5.74, 6) is -0.961. The number of benzene rings is 2. The molecule has 0 unspecified atom stereocenters. The largest absolute Gasteiger partial charge is 0.394 e. The van der Waals surface area contributed by atoms with Crippen LogP contribution in [0.15, 0.2) is 60.9 Å². The molecular formula is C21H17FIN5O3. The van der Waals surface area contributed by atoms with Crippen molar-refractivity contribution in [2.24, 2.45) is 0 Å². The second kappa shape index (κ2) is 9.37. The van der Waals surface area contributed by atoms with Gasteiger partial charge < -0.3 is 10.4 Å². The monoisotopic (exact) mass is 533 g/mol. The molecule has 8 nitrogen and oxygen atoms in total. The Morgan fingerprint density at radius 1 is 1.23 bits per heavy atom. The molecule has 0 aliphatic rings. The van der Waals surface area contributed by atoms with Crippen LogP contribution in [-0.4, -0.2) is 38.8 Å². The normalized spacial score (nSPS) is 10.9. The fourth-order valence-electron chi connectivity index (χ4n) is 2.93. The fourth-order valence-corrected chi connectivity index (χ4v) is 3.38. The lowest BCUT2D eigenvalue weighted by molar-refractivity contribution is 0.0168. The topological polar surface area (TPSA) is 101 Å². The molecule has 2 aromatic carbocycles. The molecule has 31 heavy (non-hydrogen) atoms. The first-order valence-electron chi connectivity index (χ1n) is 9.25. The highest BCUT2D eigenvalue weighted by molar-refractivity contribution is 14.1. The van der Waals surface area contributed by atoms with Crippen molar-refractivity contribution in [2.45, 2.75) is 0 Å². The Bertz CT molecular complexity index is 1230. The zero-order chi connectivity index (χ0) is 21.8. The van der Waals surface area contributed by atoms with Crippen molar-refractivity contribution in [3.63, 3.8) is 0 Å². The number of halogens is 2. The number of hydrogen-bond acceptors (Lipinski definition) is 6. The number of carbonyl (C=O) groups is 1. The van der Waals surface area contributed by atoms with Gasteiger partial charge in [-0.25, -0.2) is 19.4 Å². The van der Waals surface area contributed by atoms with Crippen molar-refractivity contribution >= 4 is 45.7 Å². The first-order valence-corrected chi connectivity index (χ1v) is 10.3. The smallest absolute Gasteiger partial charge is 0.280 e. The summed E-state index contributed by atoms with van der Waals surface area (Å²) in [6, 6.07) is 14.2. The van der Waals surface area contributed by atoms with Gasteiger partial charge in [-0.15, -0.1) is 0 Å². The Balaban J connectivity index is 1.80. The van der Waals surface area contributed by atoms with Crippen LogP contribution < -0.4 is 10.8 Å². The third-order valence-corrected chi connectivity index (χ3v) is 5.04. The first-order chi connectivity index (χ1) is 15.1. The van der Waals surface area contributed by atoms with Crippen LogP contribution in [0.2, 0.25) is 0 Å². The van der Waals surface area contributed by atoms with Crippen molar-refractivity contribution in [3.8, 4) is 11.1 Å². The van der Waals surface area contributed by atoms with Crippen molar-refractivity contribution in [3.05, 3.63) is 75.9 Å². The number of rotatable bonds is 7. The van der Waals surface area contributed by atoms with Gasteiger partial charge in [-0.2, -0.15) is 5.10 Å². The van der Waals surface area contributed by atoms with Crippen LogP contribution >= 0.6 is 22.6 Å². The molecule has 4 aromatic rings. The van der Waals surface area contributed by atoms with E-state index in [1.807, 2.05) is 52.9 Å². The van der Waals surface area contributed by atoms with Gasteiger partial charge in [0.15, 0.2) is 5.65 Å². The van der Waals surface area contributed by atoms with Gasteiger partial charge in [-0.05, 0) is 46.4 Å².